The summed E-state index contributed by atoms with van der Waals surface area (Å²) >= 11 is 0. The molecule has 24 heavy (non-hydrogen) atoms. The number of carbonyl (C=O) groups is 2. The minimum atomic E-state index is -1.83. The van der Waals surface area contributed by atoms with Gasteiger partial charge in [-0.2, -0.15) is 0 Å². The Kier molecular flexibility index (Phi) is 6.57. The maximum Gasteiger partial charge on any atom is 0.303 e. The zero-order chi connectivity index (χ0) is 18.7. The number of carbonyl (C=O) groups excluding carboxylic acids is 2. The van der Waals surface area contributed by atoms with Crippen molar-refractivity contribution in [1.82, 2.24) is 5.32 Å². The molecular weight excluding hydrogens is 328 g/mol. The van der Waals surface area contributed by atoms with E-state index in [0.29, 0.717) is 12.8 Å². The lowest BCUT2D eigenvalue weighted by atomic mass is 9.81. The fourth-order valence-corrected chi connectivity index (χ4v) is 3.60. The van der Waals surface area contributed by atoms with Crippen LogP contribution in [0.2, 0.25) is 18.1 Å². The quantitative estimate of drug-likeness (QED) is 0.197. The molecule has 1 aliphatic carbocycles. The second-order valence-corrected chi connectivity index (χ2v) is 12.7. The number of nitrogens with zero attached hydrogens (tertiary/aromatic N) is 1. The molecule has 0 unspecified atom stereocenters. The summed E-state index contributed by atoms with van der Waals surface area (Å²) in [5.41, 5.74) is 0. The summed E-state index contributed by atoms with van der Waals surface area (Å²) < 4.78 is 11.1. The van der Waals surface area contributed by atoms with Crippen molar-refractivity contribution in [3.05, 3.63) is 0 Å². The van der Waals surface area contributed by atoms with Crippen LogP contribution in [0.1, 0.15) is 47.5 Å². The van der Waals surface area contributed by atoms with Gasteiger partial charge in [0.2, 0.25) is 0 Å². The van der Waals surface area contributed by atoms with E-state index in [4.69, 9.17) is 14.4 Å². The zero-order valence-electron chi connectivity index (χ0n) is 15.7. The number of ether oxygens (including phenoxy) is 1. The fourth-order valence-electron chi connectivity index (χ4n) is 2.22. The molecule has 0 aromatic heterocycles. The number of rotatable bonds is 5. The zero-order valence-corrected chi connectivity index (χ0v) is 16.7. The van der Waals surface area contributed by atoms with Gasteiger partial charge in [-0.25, -0.2) is 0 Å². The first-order valence-corrected chi connectivity index (χ1v) is 11.2. The van der Waals surface area contributed by atoms with Crippen LogP contribution in [0.3, 0.4) is 0 Å². The lowest BCUT2D eigenvalue weighted by Gasteiger charge is -2.44. The van der Waals surface area contributed by atoms with Crippen molar-refractivity contribution in [2.24, 2.45) is 11.1 Å². The fraction of sp³-hybridized carbons (Fsp3) is 0.812. The molecule has 1 rings (SSSR count). The average Bonchev–Trinajstić information content (AvgIpc) is 2.37. The first-order chi connectivity index (χ1) is 10.9. The van der Waals surface area contributed by atoms with Crippen LogP contribution < -0.4 is 5.32 Å². The van der Waals surface area contributed by atoms with Crippen molar-refractivity contribution in [2.75, 3.05) is 0 Å². The predicted molar refractivity (Wildman–Crippen MR) is 93.4 cm³/mol. The van der Waals surface area contributed by atoms with Gasteiger partial charge in [0.1, 0.15) is 0 Å². The first-order valence-electron chi connectivity index (χ1n) is 8.25. The van der Waals surface area contributed by atoms with E-state index in [2.05, 4.69) is 44.3 Å². The molecule has 1 atom stereocenters. The molecular formula is C16H30N2O5Si. The van der Waals surface area contributed by atoms with E-state index in [0.717, 1.165) is 0 Å². The lowest BCUT2D eigenvalue weighted by molar-refractivity contribution is -0.152. The number of hydrogen-bond acceptors (Lipinski definition) is 6. The van der Waals surface area contributed by atoms with Gasteiger partial charge in [0, 0.05) is 18.9 Å². The molecule has 7 nitrogen and oxygen atoms in total. The van der Waals surface area contributed by atoms with Crippen LogP contribution in [0.5, 0.6) is 0 Å². The van der Waals surface area contributed by atoms with Gasteiger partial charge < -0.3 is 19.7 Å². The number of nitrogens with one attached hydrogen (secondary N) is 1. The van der Waals surface area contributed by atoms with Gasteiger partial charge in [-0.05, 0) is 37.9 Å². The van der Waals surface area contributed by atoms with Crippen LogP contribution in [0.25, 0.3) is 0 Å². The van der Waals surface area contributed by atoms with Gasteiger partial charge in [-0.3, -0.25) is 9.59 Å². The summed E-state index contributed by atoms with van der Waals surface area (Å²) in [6.45, 7) is 13.7. The van der Waals surface area contributed by atoms with E-state index in [9.17, 15) is 9.59 Å². The highest BCUT2D eigenvalue weighted by atomic mass is 28.4. The summed E-state index contributed by atoms with van der Waals surface area (Å²) in [5, 5.41) is 15.0. The Labute approximate surface area is 144 Å². The van der Waals surface area contributed by atoms with E-state index in [1.807, 2.05) is 0 Å². The minimum absolute atomic E-state index is 0.0572. The van der Waals surface area contributed by atoms with Crippen molar-refractivity contribution < 1.29 is 24.0 Å². The first kappa shape index (κ1) is 20.6. The van der Waals surface area contributed by atoms with Gasteiger partial charge in [0.15, 0.2) is 20.3 Å². The van der Waals surface area contributed by atoms with Crippen molar-refractivity contribution in [3.63, 3.8) is 0 Å². The highest BCUT2D eigenvalue weighted by molar-refractivity contribution is 6.74. The Morgan fingerprint density at radius 3 is 2.25 bits per heavy atom. The third-order valence-electron chi connectivity index (χ3n) is 4.82. The summed E-state index contributed by atoms with van der Waals surface area (Å²) in [6.07, 6.45) is 0.594. The van der Waals surface area contributed by atoms with Crippen molar-refractivity contribution in [3.8, 4) is 0 Å². The number of hydrogen-bond donors (Lipinski definition) is 2. The van der Waals surface area contributed by atoms with Crippen LogP contribution in [0.4, 0.5) is 0 Å². The van der Waals surface area contributed by atoms with Crippen LogP contribution in [-0.4, -0.2) is 43.4 Å². The third kappa shape index (κ3) is 5.30. The molecule has 0 aromatic carbocycles. The van der Waals surface area contributed by atoms with Crippen LogP contribution >= 0.6 is 0 Å². The molecule has 0 radical (unpaired) electrons. The maximum absolute atomic E-state index is 11.9. The van der Waals surface area contributed by atoms with E-state index in [1.165, 1.54) is 13.8 Å². The van der Waals surface area contributed by atoms with Gasteiger partial charge in [-0.15, -0.1) is 0 Å². The molecule has 2 N–H and O–H groups in total. The standard InChI is InChI=1S/C16H30N2O5Si/c1-10(22-11(2)19)15(20)17-14(18-21)12-8-13(9-12)23-24(6,7)16(3,4)5/h10,12-13,21H,8-9H2,1-7H3,(H,17,18,20)/t10-,12?,13?/m1/s1. The molecule has 0 saturated heterocycles. The second-order valence-electron chi connectivity index (χ2n) is 7.89. The maximum atomic E-state index is 11.9. The molecule has 0 heterocycles. The summed E-state index contributed by atoms with van der Waals surface area (Å²) in [4.78, 5) is 22.8. The molecule has 0 bridgehead atoms. The third-order valence-corrected chi connectivity index (χ3v) is 9.35. The summed E-state index contributed by atoms with van der Waals surface area (Å²) in [6, 6.07) is 0. The summed E-state index contributed by atoms with van der Waals surface area (Å²) in [7, 11) is -1.83. The van der Waals surface area contributed by atoms with Crippen molar-refractivity contribution in [1.29, 1.82) is 0 Å². The molecule has 1 fully saturated rings. The Morgan fingerprint density at radius 2 is 1.83 bits per heavy atom. The number of oxime groups is 1. The monoisotopic (exact) mass is 358 g/mol. The molecule has 8 heteroatoms. The predicted octanol–water partition coefficient (Wildman–Crippen LogP) is 2.64. The average molecular weight is 359 g/mol. The van der Waals surface area contributed by atoms with Crippen LogP contribution in [0, 0.1) is 5.92 Å². The number of amides is 1. The van der Waals surface area contributed by atoms with Gasteiger partial charge in [0.25, 0.3) is 5.91 Å². The topological polar surface area (TPSA) is 97.2 Å². The highest BCUT2D eigenvalue weighted by Crippen LogP contribution is 2.41. The molecule has 1 amide bonds. The Balaban J connectivity index is 2.52. The normalized spacial score (nSPS) is 23.2. The SMILES string of the molecule is CC(=O)O[C@H](C)C(=O)N/C(=N\O)C1CC(O[Si](C)(C)C(C)(C)C)C1. The molecule has 0 aromatic rings. The van der Waals surface area contributed by atoms with Crippen LogP contribution in [0.15, 0.2) is 5.16 Å². The molecule has 1 aliphatic rings. The molecule has 0 spiro atoms. The molecule has 1 saturated carbocycles. The minimum Gasteiger partial charge on any atom is -0.453 e. The van der Waals surface area contributed by atoms with Crippen molar-refractivity contribution in [2.45, 2.75) is 77.8 Å². The van der Waals surface area contributed by atoms with Gasteiger partial charge >= 0.3 is 5.97 Å². The van der Waals surface area contributed by atoms with E-state index >= 15 is 0 Å². The Bertz CT molecular complexity index is 507. The second kappa shape index (κ2) is 7.65. The van der Waals surface area contributed by atoms with E-state index in [-0.39, 0.29) is 22.9 Å². The Hall–Kier alpha value is -1.41. The number of amidine groups is 1. The molecule has 138 valence electrons. The van der Waals surface area contributed by atoms with Crippen LogP contribution in [-0.2, 0) is 18.8 Å². The lowest BCUT2D eigenvalue weighted by Crippen LogP contribution is -2.51. The number of esters is 1. The summed E-state index contributed by atoms with van der Waals surface area (Å²) in [5.74, 6) is -0.897. The largest absolute Gasteiger partial charge is 0.453 e. The van der Waals surface area contributed by atoms with E-state index in [1.54, 1.807) is 0 Å². The highest BCUT2D eigenvalue weighted by Gasteiger charge is 2.43. The van der Waals surface area contributed by atoms with Gasteiger partial charge in [-0.1, -0.05) is 25.9 Å². The molecule has 0 aliphatic heterocycles. The Morgan fingerprint density at radius 1 is 1.29 bits per heavy atom. The van der Waals surface area contributed by atoms with Crippen molar-refractivity contribution >= 4 is 26.0 Å². The smallest absolute Gasteiger partial charge is 0.303 e. The van der Waals surface area contributed by atoms with Gasteiger partial charge in [0.05, 0.1) is 0 Å². The van der Waals surface area contributed by atoms with E-state index < -0.39 is 26.3 Å².